The van der Waals surface area contributed by atoms with Crippen molar-refractivity contribution < 1.29 is 35.9 Å². The fourth-order valence-electron chi connectivity index (χ4n) is 4.10. The van der Waals surface area contributed by atoms with Gasteiger partial charge in [-0.2, -0.15) is 17.5 Å². The fraction of sp³-hybridized carbons (Fsp3) is 0.417. The van der Waals surface area contributed by atoms with Crippen molar-refractivity contribution in [1.82, 2.24) is 14.9 Å². The number of amides is 2. The standard InChI is InChI=1S/C24H28F3N3O5S/c1-16(31)28-21(15-17-6-5-7-19(14-17)35-2)23(32)29-18-10-12-30(13-11-18)36(33,34)22-9-4-3-8-20(22)24(25,26)27/h3-9,14,18,21H,10-13,15H2,1-2H3,(H,28,31)(H,29,32). The molecule has 2 amide bonds. The predicted octanol–water partition coefficient (Wildman–Crippen LogP) is 2.73. The number of hydrogen-bond donors (Lipinski definition) is 2. The van der Waals surface area contributed by atoms with E-state index in [2.05, 4.69) is 10.6 Å². The maximum atomic E-state index is 13.3. The number of carbonyl (C=O) groups excluding carboxylic acids is 2. The van der Waals surface area contributed by atoms with Crippen molar-refractivity contribution in [1.29, 1.82) is 0 Å². The third-order valence-electron chi connectivity index (χ3n) is 5.88. The van der Waals surface area contributed by atoms with E-state index >= 15 is 0 Å². The van der Waals surface area contributed by atoms with Gasteiger partial charge in [0.25, 0.3) is 0 Å². The monoisotopic (exact) mass is 527 g/mol. The molecule has 1 fully saturated rings. The smallest absolute Gasteiger partial charge is 0.417 e. The van der Waals surface area contributed by atoms with Gasteiger partial charge in [-0.1, -0.05) is 24.3 Å². The van der Waals surface area contributed by atoms with Gasteiger partial charge in [0.2, 0.25) is 21.8 Å². The number of carbonyl (C=O) groups is 2. The van der Waals surface area contributed by atoms with Crippen LogP contribution < -0.4 is 15.4 Å². The molecule has 1 aliphatic heterocycles. The molecule has 0 spiro atoms. The number of benzene rings is 2. The molecule has 2 N–H and O–H groups in total. The second kappa shape index (κ2) is 11.3. The Kier molecular flexibility index (Phi) is 8.62. The van der Waals surface area contributed by atoms with E-state index in [4.69, 9.17) is 4.74 Å². The van der Waals surface area contributed by atoms with Crippen molar-refractivity contribution >= 4 is 21.8 Å². The Bertz CT molecular complexity index is 1200. The van der Waals surface area contributed by atoms with E-state index in [-0.39, 0.29) is 38.3 Å². The topological polar surface area (TPSA) is 105 Å². The molecule has 12 heteroatoms. The van der Waals surface area contributed by atoms with Gasteiger partial charge in [-0.25, -0.2) is 8.42 Å². The fourth-order valence-corrected chi connectivity index (χ4v) is 5.78. The molecule has 0 bridgehead atoms. The number of alkyl halides is 3. The summed E-state index contributed by atoms with van der Waals surface area (Å²) in [5.41, 5.74) is -0.441. The van der Waals surface area contributed by atoms with Gasteiger partial charge >= 0.3 is 6.18 Å². The van der Waals surface area contributed by atoms with Gasteiger partial charge in [0, 0.05) is 32.5 Å². The summed E-state index contributed by atoms with van der Waals surface area (Å²) in [6, 6.07) is 9.89. The molecule has 1 heterocycles. The summed E-state index contributed by atoms with van der Waals surface area (Å²) < 4.78 is 72.1. The molecule has 0 aliphatic carbocycles. The van der Waals surface area contributed by atoms with Crippen molar-refractivity contribution in [2.24, 2.45) is 0 Å². The Morgan fingerprint density at radius 3 is 2.39 bits per heavy atom. The highest BCUT2D eigenvalue weighted by Crippen LogP contribution is 2.35. The molecule has 8 nitrogen and oxygen atoms in total. The zero-order valence-corrected chi connectivity index (χ0v) is 20.7. The second-order valence-corrected chi connectivity index (χ2v) is 10.4. The van der Waals surface area contributed by atoms with Crippen LogP contribution in [0.2, 0.25) is 0 Å². The minimum atomic E-state index is -4.81. The lowest BCUT2D eigenvalue weighted by molar-refractivity contribution is -0.140. The van der Waals surface area contributed by atoms with Crippen LogP contribution in [0.5, 0.6) is 5.75 Å². The van der Waals surface area contributed by atoms with Crippen LogP contribution in [-0.4, -0.2) is 56.8 Å². The minimum Gasteiger partial charge on any atom is -0.497 e. The maximum Gasteiger partial charge on any atom is 0.417 e. The van der Waals surface area contributed by atoms with Gasteiger partial charge in [-0.15, -0.1) is 0 Å². The zero-order valence-electron chi connectivity index (χ0n) is 19.8. The molecular formula is C24H28F3N3O5S. The van der Waals surface area contributed by atoms with E-state index in [0.29, 0.717) is 5.75 Å². The highest BCUT2D eigenvalue weighted by Gasteiger charge is 2.39. The van der Waals surface area contributed by atoms with Crippen LogP contribution in [0, 0.1) is 0 Å². The number of halogens is 3. The Morgan fingerprint density at radius 1 is 1.11 bits per heavy atom. The largest absolute Gasteiger partial charge is 0.497 e. The third kappa shape index (κ3) is 6.76. The number of methoxy groups -OCH3 is 1. The molecule has 2 aromatic rings. The van der Waals surface area contributed by atoms with Crippen LogP contribution in [0.25, 0.3) is 0 Å². The minimum absolute atomic E-state index is 0.0554. The molecule has 0 aromatic heterocycles. The highest BCUT2D eigenvalue weighted by atomic mass is 32.2. The van der Waals surface area contributed by atoms with Gasteiger partial charge in [0.15, 0.2) is 0 Å². The first-order valence-electron chi connectivity index (χ1n) is 11.3. The summed E-state index contributed by atoms with van der Waals surface area (Å²) in [6.45, 7) is 1.19. The third-order valence-corrected chi connectivity index (χ3v) is 7.84. The van der Waals surface area contributed by atoms with Gasteiger partial charge in [0.05, 0.1) is 17.6 Å². The summed E-state index contributed by atoms with van der Waals surface area (Å²) >= 11 is 0. The molecule has 1 saturated heterocycles. The molecular weight excluding hydrogens is 499 g/mol. The van der Waals surface area contributed by atoms with E-state index in [0.717, 1.165) is 28.1 Å². The van der Waals surface area contributed by atoms with Gasteiger partial charge < -0.3 is 15.4 Å². The highest BCUT2D eigenvalue weighted by molar-refractivity contribution is 7.89. The van der Waals surface area contributed by atoms with Crippen molar-refractivity contribution in [3.05, 3.63) is 59.7 Å². The van der Waals surface area contributed by atoms with Crippen LogP contribution in [0.15, 0.2) is 53.4 Å². The van der Waals surface area contributed by atoms with E-state index in [9.17, 15) is 31.2 Å². The van der Waals surface area contributed by atoms with Gasteiger partial charge in [-0.05, 0) is 42.7 Å². The molecule has 2 aromatic carbocycles. The SMILES string of the molecule is COc1cccc(CC(NC(C)=O)C(=O)NC2CCN(S(=O)(=O)c3ccccc3C(F)(F)F)CC2)c1. The number of sulfonamides is 1. The lowest BCUT2D eigenvalue weighted by Gasteiger charge is -2.33. The number of nitrogens with one attached hydrogen (secondary N) is 2. The van der Waals surface area contributed by atoms with Gasteiger partial charge in [0.1, 0.15) is 11.8 Å². The molecule has 1 atom stereocenters. The van der Waals surface area contributed by atoms with E-state index in [1.165, 1.54) is 20.1 Å². The summed E-state index contributed by atoms with van der Waals surface area (Å²) in [6.07, 6.45) is -4.17. The summed E-state index contributed by atoms with van der Waals surface area (Å²) in [5.74, 6) is -0.214. The first kappa shape index (κ1) is 27.5. The number of ether oxygens (including phenoxy) is 1. The number of nitrogens with zero attached hydrogens (tertiary/aromatic N) is 1. The number of rotatable bonds is 8. The summed E-state index contributed by atoms with van der Waals surface area (Å²) in [4.78, 5) is 23.8. The first-order valence-corrected chi connectivity index (χ1v) is 12.7. The molecule has 1 aliphatic rings. The van der Waals surface area contributed by atoms with Crippen LogP contribution in [0.1, 0.15) is 30.9 Å². The molecule has 36 heavy (non-hydrogen) atoms. The molecule has 0 saturated carbocycles. The van der Waals surface area contributed by atoms with E-state index < -0.39 is 44.6 Å². The lowest BCUT2D eigenvalue weighted by Crippen LogP contribution is -2.53. The van der Waals surface area contributed by atoms with Crippen molar-refractivity contribution in [2.45, 2.75) is 49.3 Å². The van der Waals surface area contributed by atoms with E-state index in [1.54, 1.807) is 24.3 Å². The van der Waals surface area contributed by atoms with Crippen LogP contribution in [-0.2, 0) is 32.2 Å². The average Bonchev–Trinajstić information content (AvgIpc) is 2.83. The normalized spacial score (nSPS) is 16.2. The molecule has 1 unspecified atom stereocenters. The summed E-state index contributed by atoms with van der Waals surface area (Å²) in [7, 11) is -2.86. The van der Waals surface area contributed by atoms with Gasteiger partial charge in [-0.3, -0.25) is 9.59 Å². The average molecular weight is 528 g/mol. The van der Waals surface area contributed by atoms with Crippen LogP contribution in [0.3, 0.4) is 0 Å². The van der Waals surface area contributed by atoms with E-state index in [1.807, 2.05) is 0 Å². The molecule has 3 rings (SSSR count). The van der Waals surface area contributed by atoms with Crippen LogP contribution >= 0.6 is 0 Å². The molecule has 0 radical (unpaired) electrons. The Balaban J connectivity index is 1.66. The Labute approximate surface area is 207 Å². The second-order valence-electron chi connectivity index (χ2n) is 8.49. The van der Waals surface area contributed by atoms with Crippen LogP contribution in [0.4, 0.5) is 13.2 Å². The maximum absolute atomic E-state index is 13.3. The zero-order chi connectivity index (χ0) is 26.5. The number of hydrogen-bond acceptors (Lipinski definition) is 5. The first-order chi connectivity index (χ1) is 16.9. The predicted molar refractivity (Wildman–Crippen MR) is 126 cm³/mol. The Hall–Kier alpha value is -3.12. The summed E-state index contributed by atoms with van der Waals surface area (Å²) in [5, 5.41) is 5.46. The van der Waals surface area contributed by atoms with Crippen molar-refractivity contribution in [2.75, 3.05) is 20.2 Å². The van der Waals surface area contributed by atoms with Crippen molar-refractivity contribution in [3.8, 4) is 5.75 Å². The molecule has 196 valence electrons. The Morgan fingerprint density at radius 2 is 1.78 bits per heavy atom. The quantitative estimate of drug-likeness (QED) is 0.550. The lowest BCUT2D eigenvalue weighted by atomic mass is 10.0. The number of piperidine rings is 1. The van der Waals surface area contributed by atoms with Crippen molar-refractivity contribution in [3.63, 3.8) is 0 Å².